The molecule has 0 aliphatic rings. The largest absolute Gasteiger partial charge is 0.242 e. The number of hydrogen-bond acceptors (Lipinski definition) is 2. The fourth-order valence-electron chi connectivity index (χ4n) is 0.850. The average molecular weight is 140 g/mol. The van der Waals surface area contributed by atoms with Crippen LogP contribution in [0.4, 0.5) is 0 Å². The molecule has 0 atom stereocenters. The van der Waals surface area contributed by atoms with Crippen LogP contribution in [-0.4, -0.2) is 12.6 Å². The Morgan fingerprint density at radius 2 is 1.90 bits per heavy atom. The van der Waals surface area contributed by atoms with E-state index in [0.717, 1.165) is 13.0 Å². The second-order valence-electron chi connectivity index (χ2n) is 2.41. The van der Waals surface area contributed by atoms with E-state index in [4.69, 9.17) is 5.41 Å². The fraction of sp³-hybridized carbons (Fsp3) is 0.875. The van der Waals surface area contributed by atoms with Crippen molar-refractivity contribution < 1.29 is 0 Å². The number of unbranched alkanes of at least 4 members (excludes halogenated alkanes) is 4. The van der Waals surface area contributed by atoms with Crippen molar-refractivity contribution in [3.63, 3.8) is 0 Å². The molecule has 0 fully saturated rings. The summed E-state index contributed by atoms with van der Waals surface area (Å²) in [6.07, 6.45) is 6.29. The number of nitrogens with one attached hydrogen (secondary N) is 1. The van der Waals surface area contributed by atoms with Crippen LogP contribution >= 0.6 is 0 Å². The summed E-state index contributed by atoms with van der Waals surface area (Å²) in [5.74, 6) is 0. The van der Waals surface area contributed by atoms with Gasteiger partial charge in [-0.15, -0.1) is 0 Å². The molecule has 58 valence electrons. The van der Waals surface area contributed by atoms with Gasteiger partial charge < -0.3 is 0 Å². The van der Waals surface area contributed by atoms with Gasteiger partial charge >= 0.3 is 0 Å². The Balaban J connectivity index is 2.83. The summed E-state index contributed by atoms with van der Waals surface area (Å²) >= 11 is 0. The molecule has 10 heavy (non-hydrogen) atoms. The molecule has 2 nitrogen and oxygen atoms in total. The van der Waals surface area contributed by atoms with Gasteiger partial charge in [0.05, 0.1) is 6.01 Å². The number of hydrogen-bond donors (Lipinski definition) is 1. The molecule has 0 heterocycles. The van der Waals surface area contributed by atoms with Crippen LogP contribution < -0.4 is 0 Å². The fourth-order valence-corrected chi connectivity index (χ4v) is 0.850. The summed E-state index contributed by atoms with van der Waals surface area (Å²) in [5, 5.41) is 6.50. The molecule has 0 aliphatic heterocycles. The van der Waals surface area contributed by atoms with Gasteiger partial charge in [-0.05, 0) is 6.42 Å². The number of rotatable bonds is 6. The maximum Gasteiger partial charge on any atom is 0.0861 e. The zero-order valence-corrected chi connectivity index (χ0v) is 6.69. The second kappa shape index (κ2) is 8.38. The molecule has 2 heteroatoms. The van der Waals surface area contributed by atoms with E-state index < -0.39 is 0 Å². The molecular weight excluding hydrogens is 124 g/mol. The molecule has 0 unspecified atom stereocenters. The molecular formula is C8H16N2. The minimum atomic E-state index is 0.785. The van der Waals surface area contributed by atoms with Crippen molar-refractivity contribution in [1.29, 1.82) is 5.41 Å². The third-order valence-electron chi connectivity index (χ3n) is 1.45. The minimum Gasteiger partial charge on any atom is -0.242 e. The van der Waals surface area contributed by atoms with E-state index in [9.17, 15) is 0 Å². The third-order valence-corrected chi connectivity index (χ3v) is 1.45. The lowest BCUT2D eigenvalue weighted by Crippen LogP contribution is -1.80. The quantitative estimate of drug-likeness (QED) is 0.435. The normalized spacial score (nSPS) is 8.90. The van der Waals surface area contributed by atoms with E-state index in [1.807, 2.05) is 6.01 Å². The third kappa shape index (κ3) is 7.38. The summed E-state index contributed by atoms with van der Waals surface area (Å²) in [6.45, 7) is 2.99. The summed E-state index contributed by atoms with van der Waals surface area (Å²) in [4.78, 5) is 3.69. The number of nitrogens with zero attached hydrogens (tertiary/aromatic N) is 1. The van der Waals surface area contributed by atoms with Crippen LogP contribution in [0.15, 0.2) is 4.99 Å². The van der Waals surface area contributed by atoms with Gasteiger partial charge in [0.1, 0.15) is 0 Å². The van der Waals surface area contributed by atoms with Gasteiger partial charge in [0, 0.05) is 6.54 Å². The Labute approximate surface area is 62.9 Å². The predicted molar refractivity (Wildman–Crippen MR) is 43.8 cm³/mol. The highest BCUT2D eigenvalue weighted by Gasteiger charge is 1.85. The zero-order valence-electron chi connectivity index (χ0n) is 6.69. The van der Waals surface area contributed by atoms with Crippen molar-refractivity contribution in [2.24, 2.45) is 4.99 Å². The van der Waals surface area contributed by atoms with Crippen LogP contribution in [-0.2, 0) is 0 Å². The lowest BCUT2D eigenvalue weighted by molar-refractivity contribution is 0.639. The van der Waals surface area contributed by atoms with Gasteiger partial charge in [-0.2, -0.15) is 0 Å². The highest BCUT2D eigenvalue weighted by Crippen LogP contribution is 2.01. The van der Waals surface area contributed by atoms with E-state index in [-0.39, 0.29) is 0 Å². The van der Waals surface area contributed by atoms with E-state index in [1.165, 1.54) is 25.7 Å². The van der Waals surface area contributed by atoms with Crippen molar-refractivity contribution in [3.8, 4) is 0 Å². The molecule has 0 radical (unpaired) electrons. The molecule has 0 bridgehead atoms. The topological polar surface area (TPSA) is 36.2 Å². The molecule has 0 amide bonds. The van der Waals surface area contributed by atoms with Crippen LogP contribution in [0.5, 0.6) is 0 Å². The van der Waals surface area contributed by atoms with Crippen molar-refractivity contribution in [3.05, 3.63) is 0 Å². The molecule has 0 aromatic carbocycles. The van der Waals surface area contributed by atoms with Gasteiger partial charge in [0.15, 0.2) is 0 Å². The maximum absolute atomic E-state index is 6.50. The van der Waals surface area contributed by atoms with Crippen LogP contribution in [0.1, 0.15) is 39.0 Å². The van der Waals surface area contributed by atoms with E-state index >= 15 is 0 Å². The molecule has 0 aromatic heterocycles. The van der Waals surface area contributed by atoms with Crippen molar-refractivity contribution in [2.45, 2.75) is 39.0 Å². The van der Waals surface area contributed by atoms with Gasteiger partial charge in [-0.25, -0.2) is 10.4 Å². The summed E-state index contributed by atoms with van der Waals surface area (Å²) in [7, 11) is 0. The van der Waals surface area contributed by atoms with Gasteiger partial charge in [0.25, 0.3) is 0 Å². The van der Waals surface area contributed by atoms with Crippen molar-refractivity contribution in [1.82, 2.24) is 0 Å². The van der Waals surface area contributed by atoms with Gasteiger partial charge in [-0.1, -0.05) is 32.6 Å². The highest BCUT2D eigenvalue weighted by molar-refractivity contribution is 5.35. The van der Waals surface area contributed by atoms with Gasteiger partial charge in [-0.3, -0.25) is 0 Å². The van der Waals surface area contributed by atoms with E-state index in [1.54, 1.807) is 0 Å². The monoisotopic (exact) mass is 140 g/mol. The lowest BCUT2D eigenvalue weighted by atomic mass is 10.2. The highest BCUT2D eigenvalue weighted by atomic mass is 14.7. The van der Waals surface area contributed by atoms with Crippen LogP contribution in [0, 0.1) is 5.41 Å². The van der Waals surface area contributed by atoms with Gasteiger partial charge in [0.2, 0.25) is 0 Å². The maximum atomic E-state index is 6.50. The molecule has 0 saturated heterocycles. The minimum absolute atomic E-state index is 0.785. The Kier molecular flexibility index (Phi) is 7.86. The van der Waals surface area contributed by atoms with Crippen molar-refractivity contribution in [2.75, 3.05) is 6.54 Å². The summed E-state index contributed by atoms with van der Waals surface area (Å²) in [5.41, 5.74) is 0. The lowest BCUT2D eigenvalue weighted by Gasteiger charge is -1.94. The standard InChI is InChI=1S/C8H16N2/c1-2-3-4-5-6-7-10-8-9/h9H,2-7H2,1H3. The smallest absolute Gasteiger partial charge is 0.0861 e. The Morgan fingerprint density at radius 1 is 1.20 bits per heavy atom. The Bertz CT molecular complexity index is 104. The SMILES string of the molecule is CCCCCCCN=C=N. The first kappa shape index (κ1) is 9.38. The first-order valence-corrected chi connectivity index (χ1v) is 4.00. The average Bonchev–Trinajstić information content (AvgIpc) is 1.97. The van der Waals surface area contributed by atoms with Crippen LogP contribution in [0.25, 0.3) is 0 Å². The predicted octanol–water partition coefficient (Wildman–Crippen LogP) is 2.71. The zero-order chi connectivity index (χ0) is 7.66. The molecule has 0 saturated carbocycles. The first-order valence-electron chi connectivity index (χ1n) is 4.00. The van der Waals surface area contributed by atoms with Crippen molar-refractivity contribution >= 4 is 6.01 Å². The number of aliphatic imine (C=N–C) groups is 1. The molecule has 0 aromatic rings. The molecule has 1 N–H and O–H groups in total. The summed E-state index contributed by atoms with van der Waals surface area (Å²) < 4.78 is 0. The van der Waals surface area contributed by atoms with E-state index in [0.29, 0.717) is 0 Å². The second-order valence-corrected chi connectivity index (χ2v) is 2.41. The van der Waals surface area contributed by atoms with E-state index in [2.05, 4.69) is 11.9 Å². The molecule has 0 aliphatic carbocycles. The van der Waals surface area contributed by atoms with Crippen LogP contribution in [0.2, 0.25) is 0 Å². The first-order chi connectivity index (χ1) is 4.91. The summed E-state index contributed by atoms with van der Waals surface area (Å²) in [6, 6.07) is 2.03. The Hall–Kier alpha value is -0.620. The molecule has 0 rings (SSSR count). The Morgan fingerprint density at radius 3 is 2.50 bits per heavy atom. The van der Waals surface area contributed by atoms with Crippen LogP contribution in [0.3, 0.4) is 0 Å². The molecule has 0 spiro atoms.